The first-order valence-corrected chi connectivity index (χ1v) is 9.40. The lowest BCUT2D eigenvalue weighted by Crippen LogP contribution is -2.32. The molecular weight excluding hydrogens is 336 g/mol. The van der Waals surface area contributed by atoms with Crippen LogP contribution in [0, 0.1) is 0 Å². The number of anilines is 1. The molecule has 132 valence electrons. The van der Waals surface area contributed by atoms with Gasteiger partial charge in [-0.25, -0.2) is 4.98 Å². The molecule has 0 unspecified atom stereocenters. The minimum absolute atomic E-state index is 0.0595. The van der Waals surface area contributed by atoms with Crippen molar-refractivity contribution in [2.24, 2.45) is 5.73 Å². The number of amides is 2. The Morgan fingerprint density at radius 1 is 1.16 bits per heavy atom. The Labute approximate surface area is 150 Å². The number of benzene rings is 1. The van der Waals surface area contributed by atoms with E-state index in [4.69, 9.17) is 5.73 Å². The predicted molar refractivity (Wildman–Crippen MR) is 99.0 cm³/mol. The molecule has 4 N–H and O–H groups in total. The topological polar surface area (TPSA) is 97.1 Å². The molecule has 6 nitrogen and oxygen atoms in total. The molecule has 1 heterocycles. The van der Waals surface area contributed by atoms with Crippen LogP contribution in [0.3, 0.4) is 0 Å². The molecule has 0 bridgehead atoms. The molecule has 7 heteroatoms. The van der Waals surface area contributed by atoms with Gasteiger partial charge in [0, 0.05) is 29.1 Å². The van der Waals surface area contributed by atoms with Gasteiger partial charge in [0.15, 0.2) is 0 Å². The van der Waals surface area contributed by atoms with Gasteiger partial charge >= 0.3 is 0 Å². The summed E-state index contributed by atoms with van der Waals surface area (Å²) >= 11 is 1.43. The zero-order chi connectivity index (χ0) is 17.6. The van der Waals surface area contributed by atoms with Gasteiger partial charge in [0.1, 0.15) is 5.69 Å². The van der Waals surface area contributed by atoms with Crippen molar-refractivity contribution in [3.8, 4) is 0 Å². The first kappa shape index (κ1) is 17.6. The number of rotatable bonds is 6. The molecule has 0 spiro atoms. The number of hydrogen-bond donors (Lipinski definition) is 3. The van der Waals surface area contributed by atoms with Crippen molar-refractivity contribution in [3.63, 3.8) is 0 Å². The maximum absolute atomic E-state index is 12.2. The van der Waals surface area contributed by atoms with Gasteiger partial charge in [0.05, 0.1) is 5.01 Å². The molecule has 0 aliphatic heterocycles. The molecule has 1 fully saturated rings. The van der Waals surface area contributed by atoms with Crippen LogP contribution >= 0.6 is 11.3 Å². The Bertz CT molecular complexity index is 736. The fourth-order valence-corrected chi connectivity index (χ4v) is 3.69. The summed E-state index contributed by atoms with van der Waals surface area (Å²) in [6.07, 6.45) is 5.14. The molecule has 1 saturated carbocycles. The summed E-state index contributed by atoms with van der Waals surface area (Å²) < 4.78 is 0. The van der Waals surface area contributed by atoms with Gasteiger partial charge in [-0.15, -0.1) is 11.3 Å². The number of thiazole rings is 1. The normalized spacial score (nSPS) is 14.4. The third-order valence-corrected chi connectivity index (χ3v) is 5.15. The Hall–Kier alpha value is -2.25. The lowest BCUT2D eigenvalue weighted by atomic mass is 10.1. The predicted octanol–water partition coefficient (Wildman–Crippen LogP) is 2.57. The Morgan fingerprint density at radius 2 is 1.88 bits per heavy atom. The van der Waals surface area contributed by atoms with E-state index < -0.39 is 0 Å². The highest BCUT2D eigenvalue weighted by Crippen LogP contribution is 2.19. The van der Waals surface area contributed by atoms with Gasteiger partial charge in [-0.3, -0.25) is 9.59 Å². The summed E-state index contributed by atoms with van der Waals surface area (Å²) in [6, 6.07) is 7.20. The van der Waals surface area contributed by atoms with Crippen LogP contribution in [0.25, 0.3) is 0 Å². The van der Waals surface area contributed by atoms with E-state index in [1.54, 1.807) is 29.6 Å². The van der Waals surface area contributed by atoms with Crippen LogP contribution < -0.4 is 16.4 Å². The number of carbonyl (C=O) groups excluding carboxylic acids is 2. The van der Waals surface area contributed by atoms with E-state index in [1.807, 2.05) is 0 Å². The highest BCUT2D eigenvalue weighted by molar-refractivity contribution is 7.09. The second-order valence-electron chi connectivity index (χ2n) is 6.15. The van der Waals surface area contributed by atoms with Crippen LogP contribution in [-0.4, -0.2) is 29.4 Å². The van der Waals surface area contributed by atoms with Gasteiger partial charge in [0.25, 0.3) is 11.8 Å². The Kier molecular flexibility index (Phi) is 5.78. The molecule has 0 atom stereocenters. The van der Waals surface area contributed by atoms with Gasteiger partial charge < -0.3 is 16.4 Å². The number of carbonyl (C=O) groups is 2. The molecule has 1 aromatic heterocycles. The van der Waals surface area contributed by atoms with Crippen LogP contribution in [0.15, 0.2) is 29.6 Å². The highest BCUT2D eigenvalue weighted by atomic mass is 32.1. The molecule has 0 saturated heterocycles. The summed E-state index contributed by atoms with van der Waals surface area (Å²) in [5.41, 5.74) is 7.11. The van der Waals surface area contributed by atoms with Crippen molar-refractivity contribution in [1.82, 2.24) is 10.3 Å². The largest absolute Gasteiger partial charge is 0.349 e. The first-order chi connectivity index (χ1) is 12.2. The summed E-state index contributed by atoms with van der Waals surface area (Å²) in [4.78, 5) is 28.7. The van der Waals surface area contributed by atoms with Gasteiger partial charge in [-0.05, 0) is 43.7 Å². The number of nitrogens with zero attached hydrogens (tertiary/aromatic N) is 1. The molecule has 1 aromatic carbocycles. The quantitative estimate of drug-likeness (QED) is 0.739. The fourth-order valence-electron chi connectivity index (χ4n) is 2.89. The van der Waals surface area contributed by atoms with E-state index >= 15 is 0 Å². The zero-order valence-electron chi connectivity index (χ0n) is 14.0. The molecule has 1 aliphatic carbocycles. The number of nitrogens with one attached hydrogen (secondary N) is 2. The summed E-state index contributed by atoms with van der Waals surface area (Å²) in [6.45, 7) is 0.513. The fraction of sp³-hybridized carbons (Fsp3) is 0.389. The zero-order valence-corrected chi connectivity index (χ0v) is 14.8. The lowest BCUT2D eigenvalue weighted by Gasteiger charge is -2.12. The van der Waals surface area contributed by atoms with Crippen molar-refractivity contribution in [2.75, 3.05) is 11.9 Å². The van der Waals surface area contributed by atoms with E-state index in [2.05, 4.69) is 15.6 Å². The molecule has 1 aliphatic rings. The monoisotopic (exact) mass is 358 g/mol. The van der Waals surface area contributed by atoms with Crippen LogP contribution in [0.4, 0.5) is 5.69 Å². The van der Waals surface area contributed by atoms with Crippen molar-refractivity contribution in [2.45, 2.75) is 38.1 Å². The van der Waals surface area contributed by atoms with Gasteiger partial charge in [-0.2, -0.15) is 0 Å². The minimum Gasteiger partial charge on any atom is -0.349 e. The highest BCUT2D eigenvalue weighted by Gasteiger charge is 2.18. The molecule has 2 aromatic rings. The van der Waals surface area contributed by atoms with Crippen molar-refractivity contribution < 1.29 is 9.59 Å². The van der Waals surface area contributed by atoms with Crippen LogP contribution in [0.5, 0.6) is 0 Å². The second kappa shape index (κ2) is 8.22. The van der Waals surface area contributed by atoms with Gasteiger partial charge in [-0.1, -0.05) is 12.8 Å². The maximum atomic E-state index is 12.2. The average molecular weight is 358 g/mol. The maximum Gasteiger partial charge on any atom is 0.275 e. The number of aromatic nitrogens is 1. The van der Waals surface area contributed by atoms with E-state index in [0.717, 1.165) is 17.8 Å². The molecule has 0 radical (unpaired) electrons. The van der Waals surface area contributed by atoms with Gasteiger partial charge in [0.2, 0.25) is 0 Å². The van der Waals surface area contributed by atoms with Crippen LogP contribution in [0.1, 0.15) is 51.5 Å². The lowest BCUT2D eigenvalue weighted by molar-refractivity contribution is 0.0937. The van der Waals surface area contributed by atoms with E-state index in [-0.39, 0.29) is 11.8 Å². The smallest absolute Gasteiger partial charge is 0.275 e. The summed E-state index contributed by atoms with van der Waals surface area (Å²) in [7, 11) is 0. The molecule has 2 amide bonds. The molecule has 3 rings (SSSR count). The summed E-state index contributed by atoms with van der Waals surface area (Å²) in [5.74, 6) is -0.321. The van der Waals surface area contributed by atoms with E-state index in [1.165, 1.54) is 24.2 Å². The van der Waals surface area contributed by atoms with E-state index in [0.29, 0.717) is 36.0 Å². The third-order valence-electron chi connectivity index (χ3n) is 4.24. The van der Waals surface area contributed by atoms with Crippen LogP contribution in [-0.2, 0) is 6.42 Å². The van der Waals surface area contributed by atoms with E-state index in [9.17, 15) is 9.59 Å². The molecule has 25 heavy (non-hydrogen) atoms. The standard InChI is InChI=1S/C18H22N4O2S/c19-10-9-16-22-15(11-25-16)18(24)21-14-7-5-12(6-8-14)17(23)20-13-3-1-2-4-13/h5-8,11,13H,1-4,9-10,19H2,(H,20,23)(H,21,24). The Balaban J connectivity index is 1.57. The SMILES string of the molecule is NCCc1nc(C(=O)Nc2ccc(C(=O)NC3CCCC3)cc2)cs1. The van der Waals surface area contributed by atoms with Crippen molar-refractivity contribution in [1.29, 1.82) is 0 Å². The van der Waals surface area contributed by atoms with Crippen molar-refractivity contribution >= 4 is 28.8 Å². The van der Waals surface area contributed by atoms with Crippen LogP contribution in [0.2, 0.25) is 0 Å². The average Bonchev–Trinajstić information content (AvgIpc) is 3.28. The second-order valence-corrected chi connectivity index (χ2v) is 7.09. The summed E-state index contributed by atoms with van der Waals surface area (Å²) in [5, 5.41) is 8.43. The first-order valence-electron chi connectivity index (χ1n) is 8.52. The minimum atomic E-state index is -0.261. The molecular formula is C18H22N4O2S. The third kappa shape index (κ3) is 4.64. The number of hydrogen-bond acceptors (Lipinski definition) is 5. The number of nitrogens with two attached hydrogens (primary N) is 1. The Morgan fingerprint density at radius 3 is 2.56 bits per heavy atom. The van der Waals surface area contributed by atoms with Crippen molar-refractivity contribution in [3.05, 3.63) is 45.9 Å².